The van der Waals surface area contributed by atoms with Crippen LogP contribution in [0.1, 0.15) is 17.0 Å². The number of nitrogens with zero attached hydrogens (tertiary/aromatic N) is 1. The second kappa shape index (κ2) is 6.16. The maximum absolute atomic E-state index is 13.9. The van der Waals surface area contributed by atoms with Gasteiger partial charge in [0.2, 0.25) is 0 Å². The molecule has 0 aromatic heterocycles. The van der Waals surface area contributed by atoms with Gasteiger partial charge in [-0.25, -0.2) is 8.78 Å². The van der Waals surface area contributed by atoms with Crippen molar-refractivity contribution in [2.24, 2.45) is 11.3 Å². The van der Waals surface area contributed by atoms with E-state index in [4.69, 9.17) is 0 Å². The maximum atomic E-state index is 13.9. The third kappa shape index (κ3) is 2.67. The highest BCUT2D eigenvalue weighted by molar-refractivity contribution is 5.36. The van der Waals surface area contributed by atoms with Gasteiger partial charge in [0.15, 0.2) is 0 Å². The molecule has 4 atom stereocenters. The summed E-state index contributed by atoms with van der Waals surface area (Å²) in [6.45, 7) is 1.23. The molecular weight excluding hydrogens is 324 g/mol. The van der Waals surface area contributed by atoms with Crippen molar-refractivity contribution in [2.45, 2.75) is 18.6 Å². The lowest BCUT2D eigenvalue weighted by Gasteiger charge is -2.17. The molecule has 1 spiro atoms. The van der Waals surface area contributed by atoms with E-state index in [1.807, 2.05) is 35.2 Å². The topological polar surface area (TPSA) is 43.7 Å². The Hall–Kier alpha value is -1.82. The van der Waals surface area contributed by atoms with E-state index in [1.165, 1.54) is 6.07 Å². The quantitative estimate of drug-likeness (QED) is 0.895. The minimum absolute atomic E-state index is 0.00717. The molecule has 2 N–H and O–H groups in total. The van der Waals surface area contributed by atoms with Gasteiger partial charge in [0.25, 0.3) is 0 Å². The van der Waals surface area contributed by atoms with Gasteiger partial charge in [-0.05, 0) is 35.6 Å². The van der Waals surface area contributed by atoms with Crippen LogP contribution in [0.3, 0.4) is 0 Å². The number of halogens is 2. The molecule has 0 radical (unpaired) electrons. The van der Waals surface area contributed by atoms with Gasteiger partial charge in [-0.15, -0.1) is 0 Å². The third-order valence-electron chi connectivity index (χ3n) is 5.87. The van der Waals surface area contributed by atoms with Crippen LogP contribution < -0.4 is 0 Å². The monoisotopic (exact) mass is 345 g/mol. The van der Waals surface area contributed by atoms with Crippen molar-refractivity contribution in [3.8, 4) is 0 Å². The highest BCUT2D eigenvalue weighted by atomic mass is 19.1. The summed E-state index contributed by atoms with van der Waals surface area (Å²) in [7, 11) is 0. The molecule has 2 aromatic carbocycles. The Bertz CT molecular complexity index is 770. The number of hydrogen-bond donors (Lipinski definition) is 2. The van der Waals surface area contributed by atoms with E-state index in [-0.39, 0.29) is 25.0 Å². The predicted molar refractivity (Wildman–Crippen MR) is 89.8 cm³/mol. The Morgan fingerprint density at radius 2 is 1.88 bits per heavy atom. The number of aliphatic hydroxyl groups is 2. The van der Waals surface area contributed by atoms with Crippen molar-refractivity contribution < 1.29 is 19.0 Å². The Kier molecular flexibility index (Phi) is 4.10. The van der Waals surface area contributed by atoms with Gasteiger partial charge in [0, 0.05) is 37.2 Å². The summed E-state index contributed by atoms with van der Waals surface area (Å²) in [6, 6.07) is 13.3. The Morgan fingerprint density at radius 3 is 2.60 bits per heavy atom. The molecule has 4 rings (SSSR count). The van der Waals surface area contributed by atoms with E-state index >= 15 is 0 Å². The largest absolute Gasteiger partial charge is 0.396 e. The van der Waals surface area contributed by atoms with E-state index < -0.39 is 23.2 Å². The van der Waals surface area contributed by atoms with Crippen LogP contribution in [0.25, 0.3) is 0 Å². The Labute approximate surface area is 145 Å². The van der Waals surface area contributed by atoms with E-state index in [0.29, 0.717) is 18.7 Å². The Morgan fingerprint density at radius 1 is 1.12 bits per heavy atom. The molecule has 3 nitrogen and oxygen atoms in total. The number of rotatable bonds is 4. The molecule has 0 amide bonds. The summed E-state index contributed by atoms with van der Waals surface area (Å²) < 4.78 is 27.3. The fourth-order valence-electron chi connectivity index (χ4n) is 4.69. The van der Waals surface area contributed by atoms with Crippen molar-refractivity contribution in [1.29, 1.82) is 0 Å². The van der Waals surface area contributed by atoms with Crippen molar-refractivity contribution in [2.75, 3.05) is 19.7 Å². The van der Waals surface area contributed by atoms with Gasteiger partial charge in [0.1, 0.15) is 11.6 Å². The highest BCUT2D eigenvalue weighted by Gasteiger charge is 2.70. The first-order chi connectivity index (χ1) is 12.1. The van der Waals surface area contributed by atoms with Gasteiger partial charge < -0.3 is 10.2 Å². The van der Waals surface area contributed by atoms with Crippen LogP contribution in [0, 0.1) is 23.0 Å². The first-order valence-electron chi connectivity index (χ1n) is 8.56. The van der Waals surface area contributed by atoms with Crippen LogP contribution in [0.15, 0.2) is 48.5 Å². The average Bonchev–Trinajstić information content (AvgIpc) is 3.15. The number of likely N-dealkylation sites (tertiary alicyclic amines) is 1. The smallest absolute Gasteiger partial charge is 0.127 e. The summed E-state index contributed by atoms with van der Waals surface area (Å²) in [4.78, 5) is 1.95. The maximum Gasteiger partial charge on any atom is 0.127 e. The number of hydrogen-bond acceptors (Lipinski definition) is 3. The highest BCUT2D eigenvalue weighted by Crippen LogP contribution is 2.68. The summed E-state index contributed by atoms with van der Waals surface area (Å²) in [5.41, 5.74) is 1.00. The van der Waals surface area contributed by atoms with E-state index in [9.17, 15) is 19.0 Å². The molecule has 0 bridgehead atoms. The van der Waals surface area contributed by atoms with E-state index in [0.717, 1.165) is 17.7 Å². The summed E-state index contributed by atoms with van der Waals surface area (Å²) >= 11 is 0. The molecule has 25 heavy (non-hydrogen) atoms. The SMILES string of the molecule is OC[C@@H]1[C@@H](c2ccccc2)[C@]12CN(Cc1cc(F)ccc1F)C[C@H]2O. The van der Waals surface area contributed by atoms with Crippen molar-refractivity contribution in [1.82, 2.24) is 4.90 Å². The van der Waals surface area contributed by atoms with Crippen LogP contribution in [-0.4, -0.2) is 40.9 Å². The minimum atomic E-state index is -0.591. The fraction of sp³-hybridized carbons (Fsp3) is 0.400. The first kappa shape index (κ1) is 16.6. The molecule has 1 aliphatic heterocycles. The predicted octanol–water partition coefficient (Wildman–Crippen LogP) is 2.53. The number of aliphatic hydroxyl groups excluding tert-OH is 2. The molecular formula is C20H21F2NO2. The molecule has 1 aliphatic carbocycles. The molecule has 1 heterocycles. The Balaban J connectivity index is 1.56. The second-order valence-corrected chi connectivity index (χ2v) is 7.21. The summed E-state index contributed by atoms with van der Waals surface area (Å²) in [5, 5.41) is 20.5. The van der Waals surface area contributed by atoms with Crippen molar-refractivity contribution in [3.63, 3.8) is 0 Å². The molecule has 1 saturated carbocycles. The van der Waals surface area contributed by atoms with Gasteiger partial charge >= 0.3 is 0 Å². The number of β-amino-alcohol motifs (C(OH)–C–C–N with tert-alkyl or cyclic N) is 1. The summed E-state index contributed by atoms with van der Waals surface area (Å²) in [5.74, 6) is -0.818. The molecule has 0 unspecified atom stereocenters. The zero-order valence-electron chi connectivity index (χ0n) is 13.8. The zero-order chi connectivity index (χ0) is 17.6. The van der Waals surface area contributed by atoms with Crippen LogP contribution >= 0.6 is 0 Å². The minimum Gasteiger partial charge on any atom is -0.396 e. The molecule has 2 fully saturated rings. The third-order valence-corrected chi connectivity index (χ3v) is 5.87. The van der Waals surface area contributed by atoms with Crippen LogP contribution in [0.2, 0.25) is 0 Å². The molecule has 1 saturated heterocycles. The normalized spacial score (nSPS) is 31.6. The lowest BCUT2D eigenvalue weighted by atomic mass is 9.95. The van der Waals surface area contributed by atoms with Gasteiger partial charge in [-0.1, -0.05) is 30.3 Å². The van der Waals surface area contributed by atoms with Crippen LogP contribution in [-0.2, 0) is 6.54 Å². The van der Waals surface area contributed by atoms with Crippen LogP contribution in [0.4, 0.5) is 8.78 Å². The van der Waals surface area contributed by atoms with Gasteiger partial charge in [-0.2, -0.15) is 0 Å². The number of benzene rings is 2. The lowest BCUT2D eigenvalue weighted by Crippen LogP contribution is -2.23. The fourth-order valence-corrected chi connectivity index (χ4v) is 4.69. The molecule has 2 aliphatic rings. The van der Waals surface area contributed by atoms with E-state index in [1.54, 1.807) is 0 Å². The zero-order valence-corrected chi connectivity index (χ0v) is 13.8. The molecule has 132 valence electrons. The molecule has 2 aromatic rings. The summed E-state index contributed by atoms with van der Waals surface area (Å²) in [6.07, 6.45) is -0.591. The van der Waals surface area contributed by atoms with Crippen molar-refractivity contribution in [3.05, 3.63) is 71.3 Å². The molecule has 5 heteroatoms. The average molecular weight is 345 g/mol. The van der Waals surface area contributed by atoms with Crippen LogP contribution in [0.5, 0.6) is 0 Å². The first-order valence-corrected chi connectivity index (χ1v) is 8.56. The van der Waals surface area contributed by atoms with Gasteiger partial charge in [-0.3, -0.25) is 4.90 Å². The van der Waals surface area contributed by atoms with E-state index in [2.05, 4.69) is 0 Å². The lowest BCUT2D eigenvalue weighted by molar-refractivity contribution is 0.111. The second-order valence-electron chi connectivity index (χ2n) is 7.21. The van der Waals surface area contributed by atoms with Crippen molar-refractivity contribution >= 4 is 0 Å². The standard InChI is InChI=1S/C20H21F2NO2/c21-15-6-7-17(22)14(8-15)9-23-10-18(25)20(12-23)16(11-24)19(20)13-4-2-1-3-5-13/h1-8,16,18-19,24-25H,9-12H2/t16-,18-,19-,20-/m1/s1. The van der Waals surface area contributed by atoms with Gasteiger partial charge in [0.05, 0.1) is 6.10 Å².